The Morgan fingerprint density at radius 1 is 1.10 bits per heavy atom. The van der Waals surface area contributed by atoms with Gasteiger partial charge in [0.2, 0.25) is 0 Å². The van der Waals surface area contributed by atoms with Crippen LogP contribution in [0.2, 0.25) is 5.02 Å². The smallest absolute Gasteiger partial charge is 0.319 e. The normalized spacial score (nSPS) is 21.6. The molecule has 8 rings (SSSR count). The fourth-order valence-electron chi connectivity index (χ4n) is 8.28. The number of likely N-dealkylation sites (N-methyl/N-ethyl adjacent to an activating group) is 1. The highest BCUT2D eigenvalue weighted by atomic mass is 35.5. The maximum absolute atomic E-state index is 16.6. The van der Waals surface area contributed by atoms with Crippen molar-refractivity contribution in [2.75, 3.05) is 58.3 Å². The molecule has 11 heteroatoms. The van der Waals surface area contributed by atoms with Crippen LogP contribution in [-0.4, -0.2) is 107 Å². The number of terminal acetylenes is 1. The fourth-order valence-corrected chi connectivity index (χ4v) is 8.56. The van der Waals surface area contributed by atoms with Gasteiger partial charge in [-0.15, -0.1) is 6.42 Å². The van der Waals surface area contributed by atoms with Gasteiger partial charge in [0.15, 0.2) is 5.82 Å². The Morgan fingerprint density at radius 3 is 2.54 bits per heavy atom. The minimum atomic E-state index is -0.566. The summed E-state index contributed by atoms with van der Waals surface area (Å²) in [6.45, 7) is 7.18. The highest BCUT2D eigenvalue weighted by Gasteiger charge is 2.45. The molecule has 2 aromatic heterocycles. The number of anilines is 1. The molecule has 4 aromatic rings. The van der Waals surface area contributed by atoms with Crippen LogP contribution in [0.1, 0.15) is 51.9 Å². The molecule has 0 radical (unpaired) electrons. The lowest BCUT2D eigenvalue weighted by Crippen LogP contribution is -2.43. The molecule has 1 amide bonds. The van der Waals surface area contributed by atoms with E-state index >= 15 is 4.39 Å². The number of pyridine rings is 1. The minimum Gasteiger partial charge on any atom is -0.461 e. The highest BCUT2D eigenvalue weighted by Crippen LogP contribution is 2.40. The number of rotatable bonds is 6. The van der Waals surface area contributed by atoms with Gasteiger partial charge in [0, 0.05) is 54.4 Å². The highest BCUT2D eigenvalue weighted by molar-refractivity contribution is 6.36. The predicted octanol–water partition coefficient (Wildman–Crippen LogP) is 6.42. The first-order chi connectivity index (χ1) is 24.2. The number of hydrogen-bond donors (Lipinski definition) is 0. The molecule has 50 heavy (non-hydrogen) atoms. The summed E-state index contributed by atoms with van der Waals surface area (Å²) in [7, 11) is 4.09. The number of halogens is 2. The van der Waals surface area contributed by atoms with Crippen LogP contribution < -0.4 is 9.64 Å². The van der Waals surface area contributed by atoms with Crippen LogP contribution in [-0.2, 0) is 4.79 Å². The van der Waals surface area contributed by atoms with E-state index in [-0.39, 0.29) is 34.7 Å². The number of likely N-dealkylation sites (tertiary alicyclic amines) is 2. The maximum Gasteiger partial charge on any atom is 0.319 e. The molecule has 2 atom stereocenters. The molecule has 0 spiro atoms. The second-order valence-electron chi connectivity index (χ2n) is 14.3. The minimum absolute atomic E-state index is 0.0203. The van der Waals surface area contributed by atoms with Crippen molar-refractivity contribution in [3.63, 3.8) is 0 Å². The van der Waals surface area contributed by atoms with Crippen molar-refractivity contribution in [1.82, 2.24) is 29.7 Å². The van der Waals surface area contributed by atoms with E-state index < -0.39 is 5.82 Å². The second kappa shape index (κ2) is 14.3. The van der Waals surface area contributed by atoms with Gasteiger partial charge in [-0.1, -0.05) is 41.9 Å². The Kier molecular flexibility index (Phi) is 9.84. The molecule has 0 saturated carbocycles. The van der Waals surface area contributed by atoms with Crippen molar-refractivity contribution in [2.45, 2.75) is 69.5 Å². The first-order valence-corrected chi connectivity index (χ1v) is 18.2. The zero-order chi connectivity index (χ0) is 35.0. The molecule has 0 aliphatic carbocycles. The average Bonchev–Trinajstić information content (AvgIpc) is 3.93. The summed E-state index contributed by atoms with van der Waals surface area (Å²) >= 11 is 6.59. The fraction of sp³-hybridized carbons (Fsp3) is 0.487. The van der Waals surface area contributed by atoms with Gasteiger partial charge in [-0.05, 0) is 95.9 Å². The van der Waals surface area contributed by atoms with E-state index in [1.807, 2.05) is 42.3 Å². The zero-order valence-corrected chi connectivity index (χ0v) is 29.9. The second-order valence-corrected chi connectivity index (χ2v) is 14.7. The summed E-state index contributed by atoms with van der Waals surface area (Å²) in [4.78, 5) is 34.8. The van der Waals surface area contributed by atoms with Gasteiger partial charge in [0.1, 0.15) is 23.6 Å². The van der Waals surface area contributed by atoms with E-state index in [9.17, 15) is 4.79 Å². The van der Waals surface area contributed by atoms with Gasteiger partial charge in [0.05, 0.1) is 10.9 Å². The van der Waals surface area contributed by atoms with Crippen LogP contribution in [0.25, 0.3) is 32.9 Å². The molecule has 2 unspecified atom stereocenters. The summed E-state index contributed by atoms with van der Waals surface area (Å²) in [5.74, 6) is 1.80. The Labute approximate surface area is 298 Å². The van der Waals surface area contributed by atoms with E-state index in [1.54, 1.807) is 17.2 Å². The number of hydrogen-bond acceptors (Lipinski definition) is 8. The third-order valence-corrected chi connectivity index (χ3v) is 11.7. The van der Waals surface area contributed by atoms with Crippen molar-refractivity contribution in [1.29, 1.82) is 0 Å². The molecular weight excluding hydrogens is 653 g/mol. The van der Waals surface area contributed by atoms with E-state index in [1.165, 1.54) is 19.4 Å². The molecular formula is C39H45ClFN7O2. The van der Waals surface area contributed by atoms with Gasteiger partial charge >= 0.3 is 6.01 Å². The van der Waals surface area contributed by atoms with Crippen molar-refractivity contribution in [3.05, 3.63) is 53.4 Å². The van der Waals surface area contributed by atoms with Crippen LogP contribution >= 0.6 is 11.6 Å². The van der Waals surface area contributed by atoms with Crippen molar-refractivity contribution in [2.24, 2.45) is 0 Å². The number of carbonyl (C=O) groups is 1. The molecule has 4 aliphatic heterocycles. The number of aromatic nitrogens is 3. The SMILES string of the molecule is C#CC(=O)N1CCC(N(C)c2nc(OCC34CCCN3CCC4)nc3c(F)c(-c4cccc5cccc(Cl)c45)ncc23)C1.CC1CCCN1C. The molecule has 262 valence electrons. The van der Waals surface area contributed by atoms with Crippen molar-refractivity contribution >= 4 is 45.0 Å². The Morgan fingerprint density at radius 2 is 1.86 bits per heavy atom. The molecule has 4 fully saturated rings. The van der Waals surface area contributed by atoms with Gasteiger partial charge in [-0.25, -0.2) is 4.39 Å². The summed E-state index contributed by atoms with van der Waals surface area (Å²) in [6.07, 6.45) is 14.9. The lowest BCUT2D eigenvalue weighted by atomic mass is 9.95. The molecule has 4 saturated heterocycles. The Bertz CT molecular complexity index is 1930. The van der Waals surface area contributed by atoms with Gasteiger partial charge in [0.25, 0.3) is 5.91 Å². The third-order valence-electron chi connectivity index (χ3n) is 11.4. The van der Waals surface area contributed by atoms with Gasteiger partial charge < -0.3 is 19.4 Å². The van der Waals surface area contributed by atoms with Gasteiger partial charge in [-0.2, -0.15) is 9.97 Å². The average molecular weight is 698 g/mol. The molecule has 9 nitrogen and oxygen atoms in total. The first-order valence-electron chi connectivity index (χ1n) is 17.8. The summed E-state index contributed by atoms with van der Waals surface area (Å²) in [6, 6.07) is 12.1. The quantitative estimate of drug-likeness (QED) is 0.214. The third kappa shape index (κ3) is 6.47. The molecule has 0 N–H and O–H groups in total. The van der Waals surface area contributed by atoms with Gasteiger partial charge in [-0.3, -0.25) is 14.7 Å². The largest absolute Gasteiger partial charge is 0.461 e. The van der Waals surface area contributed by atoms with E-state index in [4.69, 9.17) is 27.7 Å². The molecule has 0 bridgehead atoms. The number of benzene rings is 2. The number of ether oxygens (including phenoxy) is 1. The van der Waals surface area contributed by atoms with Crippen LogP contribution in [0.3, 0.4) is 0 Å². The van der Waals surface area contributed by atoms with Crippen LogP contribution in [0.5, 0.6) is 6.01 Å². The predicted molar refractivity (Wildman–Crippen MR) is 197 cm³/mol. The topological polar surface area (TPSA) is 77.9 Å². The number of fused-ring (bicyclic) bond motifs is 3. The van der Waals surface area contributed by atoms with Crippen LogP contribution in [0.15, 0.2) is 42.6 Å². The molecule has 4 aliphatic rings. The monoisotopic (exact) mass is 697 g/mol. The van der Waals surface area contributed by atoms with Crippen LogP contribution in [0.4, 0.5) is 10.2 Å². The number of nitrogens with zero attached hydrogens (tertiary/aromatic N) is 7. The Hall–Kier alpha value is -4.04. The van der Waals surface area contributed by atoms with Crippen molar-refractivity contribution < 1.29 is 13.9 Å². The molecule has 6 heterocycles. The van der Waals surface area contributed by atoms with Crippen LogP contribution in [0, 0.1) is 18.2 Å². The molecule has 2 aromatic carbocycles. The number of amides is 1. The first kappa shape index (κ1) is 34.4. The summed E-state index contributed by atoms with van der Waals surface area (Å²) < 4.78 is 23.0. The van der Waals surface area contributed by atoms with Crippen molar-refractivity contribution in [3.8, 4) is 29.6 Å². The lowest BCUT2D eigenvalue weighted by molar-refractivity contribution is -0.124. The van der Waals surface area contributed by atoms with E-state index in [2.05, 4.69) is 39.7 Å². The zero-order valence-electron chi connectivity index (χ0n) is 29.2. The lowest BCUT2D eigenvalue weighted by Gasteiger charge is -2.31. The number of carbonyl (C=O) groups excluding carboxylic acids is 1. The Balaban J connectivity index is 0.000000501. The maximum atomic E-state index is 16.6. The standard InChI is InChI=1S/C33H32ClFN6O2.C6H13N/c1-3-26(42)40-17-12-22(19-40)39(2)31-24-18-36-29(23-10-4-8-21-9-5-11-25(34)27(21)23)28(35)30(24)37-32(38-31)43-20-33-13-6-15-41(33)16-7-14-33;1-6-4-3-5-7(6)2/h1,4-5,8-11,18,22H,6-7,12-17,19-20H2,2H3;6H,3-5H2,1-2H3. The van der Waals surface area contributed by atoms with E-state index in [0.29, 0.717) is 47.9 Å². The van der Waals surface area contributed by atoms with E-state index in [0.717, 1.165) is 55.6 Å². The summed E-state index contributed by atoms with van der Waals surface area (Å²) in [5, 5.41) is 2.60. The summed E-state index contributed by atoms with van der Waals surface area (Å²) in [5.41, 5.74) is 0.854.